The summed E-state index contributed by atoms with van der Waals surface area (Å²) in [5.74, 6) is 0.342. The minimum absolute atomic E-state index is 0.260. The first-order valence-corrected chi connectivity index (χ1v) is 7.28. The fourth-order valence-corrected chi connectivity index (χ4v) is 2.03. The van der Waals surface area contributed by atoms with Gasteiger partial charge in [-0.2, -0.15) is 0 Å². The van der Waals surface area contributed by atoms with Crippen LogP contribution >= 0.6 is 0 Å². The molecule has 0 fully saturated rings. The summed E-state index contributed by atoms with van der Waals surface area (Å²) in [6.45, 7) is 8.26. The Kier molecular flexibility index (Phi) is 6.02. The number of aliphatic hydroxyl groups is 1. The molecule has 0 unspecified atom stereocenters. The van der Waals surface area contributed by atoms with Gasteiger partial charge in [-0.05, 0) is 30.4 Å². The van der Waals surface area contributed by atoms with Gasteiger partial charge in [0.2, 0.25) is 0 Å². The van der Waals surface area contributed by atoms with Gasteiger partial charge in [-0.25, -0.2) is 4.79 Å². The van der Waals surface area contributed by atoms with Crippen LogP contribution in [0.4, 0.5) is 10.5 Å². The van der Waals surface area contributed by atoms with Gasteiger partial charge < -0.3 is 15.7 Å². The Labute approximate surface area is 121 Å². The van der Waals surface area contributed by atoms with Crippen molar-refractivity contribution >= 4 is 11.7 Å². The van der Waals surface area contributed by atoms with Crippen molar-refractivity contribution in [1.82, 2.24) is 5.32 Å². The quantitative estimate of drug-likeness (QED) is 0.746. The summed E-state index contributed by atoms with van der Waals surface area (Å²) >= 11 is 0. The largest absolute Gasteiger partial charge is 0.388 e. The van der Waals surface area contributed by atoms with Gasteiger partial charge in [-0.15, -0.1) is 0 Å². The molecule has 112 valence electrons. The average molecular weight is 278 g/mol. The number of carbonyl (C=O) groups excluding carboxylic acids is 1. The molecular formula is C16H26N2O2. The standard InChI is InChI=1S/C16H26N2O2/c1-5-16(20,6-2)11-17-15(19)18-14-10-8-7-9-13(14)12(3)4/h7-10,12,20H,5-6,11H2,1-4H3,(H2,17,18,19). The topological polar surface area (TPSA) is 61.4 Å². The minimum Gasteiger partial charge on any atom is -0.388 e. The number of nitrogens with one attached hydrogen (secondary N) is 2. The molecule has 0 saturated heterocycles. The van der Waals surface area contributed by atoms with Gasteiger partial charge in [0.1, 0.15) is 0 Å². The van der Waals surface area contributed by atoms with Crippen molar-refractivity contribution in [3.8, 4) is 0 Å². The van der Waals surface area contributed by atoms with Crippen molar-refractivity contribution in [2.75, 3.05) is 11.9 Å². The van der Waals surface area contributed by atoms with E-state index in [2.05, 4.69) is 24.5 Å². The summed E-state index contributed by atoms with van der Waals surface area (Å²) in [7, 11) is 0. The molecule has 0 aromatic heterocycles. The summed E-state index contributed by atoms with van der Waals surface area (Å²) in [5, 5.41) is 15.7. The van der Waals surface area contributed by atoms with E-state index in [0.717, 1.165) is 11.3 Å². The number of rotatable bonds is 6. The van der Waals surface area contributed by atoms with Crippen LogP contribution < -0.4 is 10.6 Å². The van der Waals surface area contributed by atoms with E-state index in [1.54, 1.807) is 0 Å². The number of hydrogen-bond donors (Lipinski definition) is 3. The lowest BCUT2D eigenvalue weighted by Crippen LogP contribution is -2.43. The fraction of sp³-hybridized carbons (Fsp3) is 0.562. The van der Waals surface area contributed by atoms with Gasteiger partial charge in [0.25, 0.3) is 0 Å². The molecule has 1 aromatic carbocycles. The van der Waals surface area contributed by atoms with Crippen LogP contribution in [0.3, 0.4) is 0 Å². The molecule has 1 rings (SSSR count). The van der Waals surface area contributed by atoms with E-state index in [1.807, 2.05) is 38.1 Å². The Morgan fingerprint density at radius 1 is 1.25 bits per heavy atom. The van der Waals surface area contributed by atoms with Crippen LogP contribution in [-0.2, 0) is 0 Å². The zero-order valence-corrected chi connectivity index (χ0v) is 12.9. The zero-order chi connectivity index (χ0) is 15.2. The molecular weight excluding hydrogens is 252 g/mol. The minimum atomic E-state index is -0.824. The van der Waals surface area contributed by atoms with Crippen molar-refractivity contribution in [2.24, 2.45) is 0 Å². The highest BCUT2D eigenvalue weighted by Gasteiger charge is 2.22. The van der Waals surface area contributed by atoms with E-state index in [0.29, 0.717) is 18.8 Å². The number of carbonyl (C=O) groups is 1. The van der Waals surface area contributed by atoms with Crippen molar-refractivity contribution in [1.29, 1.82) is 0 Å². The number of urea groups is 1. The zero-order valence-electron chi connectivity index (χ0n) is 12.9. The predicted molar refractivity (Wildman–Crippen MR) is 83.1 cm³/mol. The first kappa shape index (κ1) is 16.5. The van der Waals surface area contributed by atoms with Gasteiger partial charge in [-0.1, -0.05) is 45.9 Å². The van der Waals surface area contributed by atoms with Crippen LogP contribution in [0.25, 0.3) is 0 Å². The van der Waals surface area contributed by atoms with Gasteiger partial charge in [-0.3, -0.25) is 0 Å². The third-order valence-electron chi connectivity index (χ3n) is 3.73. The maximum Gasteiger partial charge on any atom is 0.319 e. The lowest BCUT2D eigenvalue weighted by atomic mass is 9.98. The summed E-state index contributed by atoms with van der Waals surface area (Å²) in [5.41, 5.74) is 1.09. The second-order valence-electron chi connectivity index (χ2n) is 5.48. The van der Waals surface area contributed by atoms with Gasteiger partial charge in [0.15, 0.2) is 0 Å². The number of anilines is 1. The number of hydrogen-bond acceptors (Lipinski definition) is 2. The molecule has 0 bridgehead atoms. The van der Waals surface area contributed by atoms with E-state index in [-0.39, 0.29) is 12.6 Å². The van der Waals surface area contributed by atoms with Crippen molar-refractivity contribution in [3.63, 3.8) is 0 Å². The molecule has 0 radical (unpaired) electrons. The van der Waals surface area contributed by atoms with Crippen molar-refractivity contribution in [3.05, 3.63) is 29.8 Å². The van der Waals surface area contributed by atoms with Crippen LogP contribution in [-0.4, -0.2) is 23.3 Å². The van der Waals surface area contributed by atoms with Crippen LogP contribution in [0.1, 0.15) is 52.0 Å². The highest BCUT2D eigenvalue weighted by Crippen LogP contribution is 2.23. The lowest BCUT2D eigenvalue weighted by Gasteiger charge is -2.25. The summed E-state index contributed by atoms with van der Waals surface area (Å²) < 4.78 is 0. The van der Waals surface area contributed by atoms with E-state index >= 15 is 0 Å². The molecule has 0 heterocycles. The normalized spacial score (nSPS) is 11.5. The first-order chi connectivity index (χ1) is 9.41. The number of para-hydroxylation sites is 1. The van der Waals surface area contributed by atoms with Crippen LogP contribution in [0.15, 0.2) is 24.3 Å². The maximum atomic E-state index is 11.9. The fourth-order valence-electron chi connectivity index (χ4n) is 2.03. The SMILES string of the molecule is CCC(O)(CC)CNC(=O)Nc1ccccc1C(C)C. The number of benzene rings is 1. The van der Waals surface area contributed by atoms with E-state index in [4.69, 9.17) is 0 Å². The van der Waals surface area contributed by atoms with Crippen LogP contribution in [0.5, 0.6) is 0 Å². The molecule has 0 aliphatic carbocycles. The molecule has 3 N–H and O–H groups in total. The summed E-state index contributed by atoms with van der Waals surface area (Å²) in [6.07, 6.45) is 1.23. The third kappa shape index (κ3) is 4.53. The second kappa shape index (κ2) is 7.29. The highest BCUT2D eigenvalue weighted by molar-refractivity contribution is 5.90. The molecule has 4 heteroatoms. The molecule has 0 saturated carbocycles. The van der Waals surface area contributed by atoms with Crippen LogP contribution in [0.2, 0.25) is 0 Å². The summed E-state index contributed by atoms with van der Waals surface area (Å²) in [4.78, 5) is 11.9. The molecule has 0 spiro atoms. The van der Waals surface area contributed by atoms with Gasteiger partial charge >= 0.3 is 6.03 Å². The van der Waals surface area contributed by atoms with Gasteiger partial charge in [0, 0.05) is 12.2 Å². The second-order valence-corrected chi connectivity index (χ2v) is 5.48. The molecule has 0 aliphatic rings. The van der Waals surface area contributed by atoms with E-state index in [9.17, 15) is 9.90 Å². The molecule has 20 heavy (non-hydrogen) atoms. The molecule has 1 aromatic rings. The maximum absolute atomic E-state index is 11.9. The van der Waals surface area contributed by atoms with E-state index < -0.39 is 5.60 Å². The van der Waals surface area contributed by atoms with Gasteiger partial charge in [0.05, 0.1) is 5.60 Å². The highest BCUT2D eigenvalue weighted by atomic mass is 16.3. The average Bonchev–Trinajstić information content (AvgIpc) is 2.45. The van der Waals surface area contributed by atoms with Crippen LogP contribution in [0, 0.1) is 0 Å². The Morgan fingerprint density at radius 2 is 1.85 bits per heavy atom. The van der Waals surface area contributed by atoms with E-state index in [1.165, 1.54) is 0 Å². The third-order valence-corrected chi connectivity index (χ3v) is 3.73. The molecule has 0 atom stereocenters. The predicted octanol–water partition coefficient (Wildman–Crippen LogP) is 3.48. The first-order valence-electron chi connectivity index (χ1n) is 7.28. The molecule has 0 aliphatic heterocycles. The Morgan fingerprint density at radius 3 is 2.40 bits per heavy atom. The smallest absolute Gasteiger partial charge is 0.319 e. The summed E-state index contributed by atoms with van der Waals surface area (Å²) in [6, 6.07) is 7.48. The monoisotopic (exact) mass is 278 g/mol. The van der Waals surface area contributed by atoms with Crippen molar-refractivity contribution < 1.29 is 9.90 Å². The number of amides is 2. The lowest BCUT2D eigenvalue weighted by molar-refractivity contribution is 0.0354. The molecule has 2 amide bonds. The Bertz CT molecular complexity index is 440. The molecule has 4 nitrogen and oxygen atoms in total. The Hall–Kier alpha value is -1.55. The Balaban J connectivity index is 2.64. The van der Waals surface area contributed by atoms with Crippen molar-refractivity contribution in [2.45, 2.75) is 52.1 Å².